The van der Waals surface area contributed by atoms with E-state index in [0.29, 0.717) is 11.3 Å². The molecule has 0 aliphatic carbocycles. The second-order valence-electron chi connectivity index (χ2n) is 6.94. The van der Waals surface area contributed by atoms with Gasteiger partial charge < -0.3 is 15.2 Å². The van der Waals surface area contributed by atoms with Gasteiger partial charge in [-0.15, -0.1) is 0 Å². The van der Waals surface area contributed by atoms with Gasteiger partial charge in [-0.05, 0) is 43.3 Å². The Labute approximate surface area is 188 Å². The number of aryl methyl sites for hydroxylation is 1. The summed E-state index contributed by atoms with van der Waals surface area (Å²) in [6.45, 7) is 1.93. The number of benzene rings is 3. The zero-order chi connectivity index (χ0) is 24.0. The van der Waals surface area contributed by atoms with Crippen LogP contribution in [-0.4, -0.2) is 35.2 Å². The highest BCUT2D eigenvalue weighted by Crippen LogP contribution is 2.33. The number of non-ortho nitro benzene ring substituents is 1. The molecule has 3 rings (SSSR count). The number of nitro groups is 1. The third kappa shape index (κ3) is 5.70. The van der Waals surface area contributed by atoms with Gasteiger partial charge in [0.25, 0.3) is 17.5 Å². The molecule has 0 unspecified atom stereocenters. The summed E-state index contributed by atoms with van der Waals surface area (Å²) >= 11 is 0. The van der Waals surface area contributed by atoms with E-state index in [2.05, 4.69) is 15.8 Å². The van der Waals surface area contributed by atoms with Gasteiger partial charge >= 0.3 is 0 Å². The minimum absolute atomic E-state index is 0.00415. The number of hydrogen-bond donors (Lipinski definition) is 3. The number of nitrogens with one attached hydrogen (secondary N) is 2. The van der Waals surface area contributed by atoms with Crippen LogP contribution in [0.5, 0.6) is 11.5 Å². The van der Waals surface area contributed by atoms with Crippen LogP contribution in [0.4, 0.5) is 11.4 Å². The third-order valence-corrected chi connectivity index (χ3v) is 4.61. The number of nitrogens with zero attached hydrogens (tertiary/aromatic N) is 2. The lowest BCUT2D eigenvalue weighted by atomic mass is 10.1. The minimum Gasteiger partial charge on any atom is -0.504 e. The summed E-state index contributed by atoms with van der Waals surface area (Å²) in [5.74, 6) is -1.28. The Kier molecular flexibility index (Phi) is 6.99. The fraction of sp³-hybridized carbons (Fsp3) is 0.0870. The van der Waals surface area contributed by atoms with Crippen molar-refractivity contribution in [3.63, 3.8) is 0 Å². The van der Waals surface area contributed by atoms with E-state index < -0.39 is 10.8 Å². The van der Waals surface area contributed by atoms with Gasteiger partial charge in [-0.25, -0.2) is 5.43 Å². The highest BCUT2D eigenvalue weighted by atomic mass is 16.6. The van der Waals surface area contributed by atoms with E-state index in [0.717, 1.165) is 23.9 Å². The maximum atomic E-state index is 12.3. The van der Waals surface area contributed by atoms with Gasteiger partial charge in [-0.3, -0.25) is 19.7 Å². The first kappa shape index (κ1) is 22.9. The van der Waals surface area contributed by atoms with Crippen molar-refractivity contribution in [2.45, 2.75) is 6.92 Å². The van der Waals surface area contributed by atoms with Gasteiger partial charge in [-0.2, -0.15) is 5.10 Å². The summed E-state index contributed by atoms with van der Waals surface area (Å²) in [5, 5.41) is 27.6. The average molecular weight is 448 g/mol. The van der Waals surface area contributed by atoms with Crippen LogP contribution in [0.3, 0.4) is 0 Å². The Morgan fingerprint density at radius 3 is 2.24 bits per heavy atom. The van der Waals surface area contributed by atoms with Crippen molar-refractivity contribution in [2.75, 3.05) is 12.4 Å². The summed E-state index contributed by atoms with van der Waals surface area (Å²) in [4.78, 5) is 35.0. The highest BCUT2D eigenvalue weighted by molar-refractivity contribution is 6.04. The molecule has 33 heavy (non-hydrogen) atoms. The number of carbonyl (C=O) groups is 2. The van der Waals surface area contributed by atoms with E-state index in [1.807, 2.05) is 19.1 Å². The molecule has 3 aromatic rings. The lowest BCUT2D eigenvalue weighted by molar-refractivity contribution is -0.385. The van der Waals surface area contributed by atoms with Crippen LogP contribution in [0, 0.1) is 17.0 Å². The minimum atomic E-state index is -0.642. The van der Waals surface area contributed by atoms with Crippen LogP contribution < -0.4 is 15.5 Å². The second-order valence-corrected chi connectivity index (χ2v) is 6.94. The molecule has 2 amide bonds. The van der Waals surface area contributed by atoms with Crippen molar-refractivity contribution < 1.29 is 24.4 Å². The first-order chi connectivity index (χ1) is 15.8. The zero-order valence-electron chi connectivity index (χ0n) is 17.7. The highest BCUT2D eigenvalue weighted by Gasteiger charge is 2.16. The summed E-state index contributed by atoms with van der Waals surface area (Å²) in [6.07, 6.45) is 1.07. The van der Waals surface area contributed by atoms with E-state index in [1.165, 1.54) is 19.2 Å². The van der Waals surface area contributed by atoms with E-state index in [4.69, 9.17) is 4.74 Å². The van der Waals surface area contributed by atoms with Gasteiger partial charge in [0.05, 0.1) is 24.3 Å². The van der Waals surface area contributed by atoms with Gasteiger partial charge in [-0.1, -0.05) is 17.7 Å². The number of aromatic hydroxyl groups is 1. The molecule has 0 saturated carbocycles. The van der Waals surface area contributed by atoms with Crippen LogP contribution in [0.1, 0.15) is 31.8 Å². The van der Waals surface area contributed by atoms with Crippen LogP contribution in [0.2, 0.25) is 0 Å². The molecule has 0 atom stereocenters. The van der Waals surface area contributed by atoms with E-state index in [1.54, 1.807) is 24.3 Å². The Morgan fingerprint density at radius 2 is 1.64 bits per heavy atom. The van der Waals surface area contributed by atoms with Crippen molar-refractivity contribution in [1.29, 1.82) is 0 Å². The fourth-order valence-electron chi connectivity index (χ4n) is 2.81. The predicted molar refractivity (Wildman–Crippen MR) is 122 cm³/mol. The quantitative estimate of drug-likeness (QED) is 0.286. The van der Waals surface area contributed by atoms with E-state index in [9.17, 15) is 24.8 Å². The van der Waals surface area contributed by atoms with Crippen molar-refractivity contribution in [2.24, 2.45) is 5.10 Å². The SMILES string of the molecule is COc1cc([N+](=O)[O-])cc(/C=N/NC(=O)c2ccc(NC(=O)c3ccc(C)cc3)cc2)c1O. The molecule has 0 saturated heterocycles. The molecular weight excluding hydrogens is 428 g/mol. The zero-order valence-corrected chi connectivity index (χ0v) is 17.7. The lowest BCUT2D eigenvalue weighted by Crippen LogP contribution is -2.18. The first-order valence-electron chi connectivity index (χ1n) is 9.65. The molecule has 3 N–H and O–H groups in total. The molecule has 0 aromatic heterocycles. The number of methoxy groups -OCH3 is 1. The smallest absolute Gasteiger partial charge is 0.274 e. The normalized spacial score (nSPS) is 10.6. The molecule has 0 spiro atoms. The molecular formula is C23H20N4O6. The van der Waals surface area contributed by atoms with Gasteiger partial charge in [0, 0.05) is 28.4 Å². The number of hydrogen-bond acceptors (Lipinski definition) is 7. The molecule has 0 heterocycles. The molecule has 168 valence electrons. The Bertz CT molecular complexity index is 1220. The molecule has 0 bridgehead atoms. The number of amides is 2. The average Bonchev–Trinajstić information content (AvgIpc) is 2.80. The largest absolute Gasteiger partial charge is 0.504 e. The Balaban J connectivity index is 1.65. The maximum Gasteiger partial charge on any atom is 0.274 e. The van der Waals surface area contributed by atoms with Crippen LogP contribution in [0.25, 0.3) is 0 Å². The summed E-state index contributed by atoms with van der Waals surface area (Å²) < 4.78 is 4.91. The fourth-order valence-corrected chi connectivity index (χ4v) is 2.81. The second kappa shape index (κ2) is 10.1. The van der Waals surface area contributed by atoms with E-state index in [-0.39, 0.29) is 34.2 Å². The topological polar surface area (TPSA) is 143 Å². The molecule has 10 heteroatoms. The Hall–Kier alpha value is -4.73. The lowest BCUT2D eigenvalue weighted by Gasteiger charge is -2.07. The number of hydrazone groups is 1. The Morgan fingerprint density at radius 1 is 1.03 bits per heavy atom. The summed E-state index contributed by atoms with van der Waals surface area (Å²) in [6, 6.07) is 15.4. The van der Waals surface area contributed by atoms with Crippen molar-refractivity contribution >= 4 is 29.4 Å². The summed E-state index contributed by atoms with van der Waals surface area (Å²) in [5.41, 5.74) is 4.30. The molecule has 0 aliphatic rings. The standard InChI is InChI=1S/C23H20N4O6/c1-14-3-5-15(6-4-14)22(29)25-18-9-7-16(8-10-18)23(30)26-24-13-17-11-19(27(31)32)12-20(33-2)21(17)28/h3-13,28H,1-2H3,(H,25,29)(H,26,30)/b24-13+. The number of carbonyl (C=O) groups excluding carboxylic acids is 2. The molecule has 10 nitrogen and oxygen atoms in total. The maximum absolute atomic E-state index is 12.3. The molecule has 0 fully saturated rings. The van der Waals surface area contributed by atoms with Crippen molar-refractivity contribution in [1.82, 2.24) is 5.43 Å². The predicted octanol–water partition coefficient (Wildman–Crippen LogP) is 3.63. The number of phenolic OH excluding ortho intramolecular Hbond substituents is 1. The number of phenols is 1. The van der Waals surface area contributed by atoms with Gasteiger partial charge in [0.2, 0.25) is 0 Å². The van der Waals surface area contributed by atoms with Crippen LogP contribution >= 0.6 is 0 Å². The van der Waals surface area contributed by atoms with Crippen molar-refractivity contribution in [3.05, 3.63) is 93.0 Å². The number of ether oxygens (including phenoxy) is 1. The number of anilines is 1. The van der Waals surface area contributed by atoms with E-state index >= 15 is 0 Å². The van der Waals surface area contributed by atoms with Crippen LogP contribution in [-0.2, 0) is 0 Å². The number of nitro benzene ring substituents is 1. The molecule has 0 radical (unpaired) electrons. The molecule has 3 aromatic carbocycles. The van der Waals surface area contributed by atoms with Gasteiger partial charge in [0.1, 0.15) is 0 Å². The number of rotatable bonds is 7. The first-order valence-corrected chi connectivity index (χ1v) is 9.65. The monoisotopic (exact) mass is 448 g/mol. The van der Waals surface area contributed by atoms with Gasteiger partial charge in [0.15, 0.2) is 11.5 Å². The third-order valence-electron chi connectivity index (χ3n) is 4.61. The summed E-state index contributed by atoms with van der Waals surface area (Å²) in [7, 11) is 1.26. The van der Waals surface area contributed by atoms with Crippen molar-refractivity contribution in [3.8, 4) is 11.5 Å². The van der Waals surface area contributed by atoms with Crippen LogP contribution in [0.15, 0.2) is 65.8 Å². The molecule has 0 aliphatic heterocycles.